The zero-order chi connectivity index (χ0) is 18.7. The Morgan fingerprint density at radius 1 is 1.27 bits per heavy atom. The van der Waals surface area contributed by atoms with Crippen molar-refractivity contribution < 1.29 is 4.79 Å². The van der Waals surface area contributed by atoms with Crippen molar-refractivity contribution in [3.63, 3.8) is 0 Å². The number of likely N-dealkylation sites (N-methyl/N-ethyl adjacent to an activating group) is 1. The second kappa shape index (κ2) is 8.04. The van der Waals surface area contributed by atoms with E-state index in [0.717, 1.165) is 24.9 Å². The van der Waals surface area contributed by atoms with Gasteiger partial charge < -0.3 is 9.88 Å². The fraction of sp³-hybridized carbons (Fsp3) is 0.524. The van der Waals surface area contributed by atoms with Gasteiger partial charge >= 0.3 is 0 Å². The van der Waals surface area contributed by atoms with Gasteiger partial charge in [0.25, 0.3) is 11.5 Å². The van der Waals surface area contributed by atoms with E-state index in [4.69, 9.17) is 0 Å². The molecule has 0 aliphatic carbocycles. The molecule has 1 aromatic heterocycles. The Labute approximate surface area is 155 Å². The molecule has 1 aliphatic rings. The van der Waals surface area contributed by atoms with Crippen LogP contribution in [0, 0.1) is 5.92 Å². The highest BCUT2D eigenvalue weighted by Gasteiger charge is 2.24. The van der Waals surface area contributed by atoms with Gasteiger partial charge in [-0.25, -0.2) is 0 Å². The number of hydrogen-bond donors (Lipinski definition) is 1. The minimum absolute atomic E-state index is 0.0289. The first kappa shape index (κ1) is 18.6. The lowest BCUT2D eigenvalue weighted by atomic mass is 10.1. The number of likely N-dealkylation sites (tertiary alicyclic amines) is 1. The molecule has 2 heterocycles. The summed E-state index contributed by atoms with van der Waals surface area (Å²) in [6, 6.07) is 7.81. The lowest BCUT2D eigenvalue weighted by Crippen LogP contribution is -2.40. The summed E-state index contributed by atoms with van der Waals surface area (Å²) < 4.78 is 1.68. The highest BCUT2D eigenvalue weighted by molar-refractivity contribution is 6.06. The second-order valence-electron chi connectivity index (χ2n) is 7.57. The van der Waals surface area contributed by atoms with Crippen molar-refractivity contribution in [1.29, 1.82) is 0 Å². The summed E-state index contributed by atoms with van der Waals surface area (Å²) in [7, 11) is 0. The predicted molar refractivity (Wildman–Crippen MR) is 106 cm³/mol. The van der Waals surface area contributed by atoms with Crippen LogP contribution in [0.2, 0.25) is 0 Å². The second-order valence-corrected chi connectivity index (χ2v) is 7.57. The molecule has 1 saturated heterocycles. The average Bonchev–Trinajstić information content (AvgIpc) is 3.09. The molecule has 0 saturated carbocycles. The number of carbonyl (C=O) groups excluding carboxylic acids is 1. The molecule has 140 valence electrons. The summed E-state index contributed by atoms with van der Waals surface area (Å²) in [5, 5.41) is 4.44. The topological polar surface area (TPSA) is 54.3 Å². The van der Waals surface area contributed by atoms with E-state index in [9.17, 15) is 9.59 Å². The van der Waals surface area contributed by atoms with Crippen LogP contribution in [0.1, 0.15) is 44.0 Å². The first-order chi connectivity index (χ1) is 12.5. The Balaban J connectivity index is 1.89. The lowest BCUT2D eigenvalue weighted by Gasteiger charge is -2.23. The van der Waals surface area contributed by atoms with Crippen LogP contribution in [0.25, 0.3) is 10.8 Å². The van der Waals surface area contributed by atoms with Crippen LogP contribution in [0.4, 0.5) is 0 Å². The summed E-state index contributed by atoms with van der Waals surface area (Å²) in [5.74, 6) is 0.239. The number of fused-ring (bicyclic) bond motifs is 1. The van der Waals surface area contributed by atoms with Crippen LogP contribution < -0.4 is 10.9 Å². The smallest absolute Gasteiger partial charge is 0.258 e. The van der Waals surface area contributed by atoms with E-state index in [1.165, 1.54) is 6.42 Å². The number of rotatable bonds is 6. The molecule has 26 heavy (non-hydrogen) atoms. The maximum absolute atomic E-state index is 12.9. The van der Waals surface area contributed by atoms with Crippen molar-refractivity contribution in [3.05, 3.63) is 46.4 Å². The molecule has 1 aromatic carbocycles. The summed E-state index contributed by atoms with van der Waals surface area (Å²) in [4.78, 5) is 28.0. The van der Waals surface area contributed by atoms with Gasteiger partial charge in [0.05, 0.1) is 5.56 Å². The normalized spacial score (nSPS) is 17.9. The van der Waals surface area contributed by atoms with Gasteiger partial charge in [-0.2, -0.15) is 0 Å². The molecule has 5 heteroatoms. The fourth-order valence-electron chi connectivity index (χ4n) is 3.90. The van der Waals surface area contributed by atoms with Crippen molar-refractivity contribution in [2.75, 3.05) is 19.6 Å². The van der Waals surface area contributed by atoms with Gasteiger partial charge in [0.2, 0.25) is 0 Å². The quantitative estimate of drug-likeness (QED) is 0.867. The predicted octanol–water partition coefficient (Wildman–Crippen LogP) is 2.87. The number of benzene rings is 1. The maximum atomic E-state index is 12.9. The Bertz CT molecular complexity index is 841. The highest BCUT2D eigenvalue weighted by atomic mass is 16.2. The van der Waals surface area contributed by atoms with Gasteiger partial charge in [-0.05, 0) is 37.9 Å². The SMILES string of the molecule is CCN1CCC[C@H]1CNC(=O)c1cn(CC(C)C)c(=O)c2ccccc12. The summed E-state index contributed by atoms with van der Waals surface area (Å²) >= 11 is 0. The van der Waals surface area contributed by atoms with E-state index >= 15 is 0 Å². The maximum Gasteiger partial charge on any atom is 0.258 e. The van der Waals surface area contributed by atoms with Crippen molar-refractivity contribution in [2.24, 2.45) is 5.92 Å². The number of hydrogen-bond acceptors (Lipinski definition) is 3. The molecule has 2 aromatic rings. The van der Waals surface area contributed by atoms with E-state index in [0.29, 0.717) is 36.0 Å². The standard InChI is InChI=1S/C21H29N3O2/c1-4-23-11-7-8-16(23)12-22-20(25)19-14-24(13-15(2)3)21(26)18-10-6-5-9-17(18)19/h5-6,9-10,14-16H,4,7-8,11-13H2,1-3H3,(H,22,25)/t16-/m0/s1. The van der Waals surface area contributed by atoms with E-state index < -0.39 is 0 Å². The average molecular weight is 355 g/mol. The Kier molecular flexibility index (Phi) is 5.77. The van der Waals surface area contributed by atoms with Crippen LogP contribution in [0.5, 0.6) is 0 Å². The molecule has 0 bridgehead atoms. The first-order valence-corrected chi connectivity index (χ1v) is 9.65. The summed E-state index contributed by atoms with van der Waals surface area (Å²) in [6.07, 6.45) is 4.05. The third-order valence-corrected chi connectivity index (χ3v) is 5.20. The molecule has 5 nitrogen and oxygen atoms in total. The minimum Gasteiger partial charge on any atom is -0.350 e. The number of nitrogens with zero attached hydrogens (tertiary/aromatic N) is 2. The minimum atomic E-state index is -0.0957. The molecular weight excluding hydrogens is 326 g/mol. The Morgan fingerprint density at radius 2 is 2.00 bits per heavy atom. The molecule has 1 N–H and O–H groups in total. The first-order valence-electron chi connectivity index (χ1n) is 9.65. The van der Waals surface area contributed by atoms with Crippen molar-refractivity contribution in [2.45, 2.75) is 46.2 Å². The Morgan fingerprint density at radius 3 is 2.69 bits per heavy atom. The number of carbonyl (C=O) groups is 1. The molecular formula is C21H29N3O2. The third-order valence-electron chi connectivity index (χ3n) is 5.20. The van der Waals surface area contributed by atoms with Crippen molar-refractivity contribution >= 4 is 16.7 Å². The van der Waals surface area contributed by atoms with Gasteiger partial charge in [-0.15, -0.1) is 0 Å². The third kappa shape index (κ3) is 3.83. The molecule has 1 fully saturated rings. The van der Waals surface area contributed by atoms with E-state index in [-0.39, 0.29) is 11.5 Å². The van der Waals surface area contributed by atoms with Crippen LogP contribution in [-0.2, 0) is 6.54 Å². The van der Waals surface area contributed by atoms with Gasteiger partial charge in [0.15, 0.2) is 0 Å². The number of aromatic nitrogens is 1. The van der Waals surface area contributed by atoms with E-state index in [1.54, 1.807) is 16.8 Å². The molecule has 1 atom stereocenters. The highest BCUT2D eigenvalue weighted by Crippen LogP contribution is 2.18. The van der Waals surface area contributed by atoms with Crippen LogP contribution in [0.3, 0.4) is 0 Å². The molecule has 1 amide bonds. The van der Waals surface area contributed by atoms with Crippen LogP contribution >= 0.6 is 0 Å². The van der Waals surface area contributed by atoms with Gasteiger partial charge in [-0.3, -0.25) is 14.5 Å². The zero-order valence-corrected chi connectivity index (χ0v) is 16.0. The largest absolute Gasteiger partial charge is 0.350 e. The van der Waals surface area contributed by atoms with E-state index in [1.807, 2.05) is 18.2 Å². The summed E-state index contributed by atoms with van der Waals surface area (Å²) in [5.41, 5.74) is 0.556. The zero-order valence-electron chi connectivity index (χ0n) is 16.0. The molecule has 0 radical (unpaired) electrons. The molecule has 3 rings (SSSR count). The lowest BCUT2D eigenvalue weighted by molar-refractivity contribution is 0.0942. The summed E-state index contributed by atoms with van der Waals surface area (Å²) in [6.45, 7) is 9.69. The molecule has 1 aliphatic heterocycles. The number of amides is 1. The molecule has 0 spiro atoms. The Hall–Kier alpha value is -2.14. The fourth-order valence-corrected chi connectivity index (χ4v) is 3.90. The van der Waals surface area contributed by atoms with Gasteiger partial charge in [-0.1, -0.05) is 39.0 Å². The van der Waals surface area contributed by atoms with Crippen molar-refractivity contribution in [1.82, 2.24) is 14.8 Å². The monoisotopic (exact) mass is 355 g/mol. The van der Waals surface area contributed by atoms with Crippen LogP contribution in [0.15, 0.2) is 35.3 Å². The van der Waals surface area contributed by atoms with Crippen molar-refractivity contribution in [3.8, 4) is 0 Å². The number of nitrogens with one attached hydrogen (secondary N) is 1. The molecule has 0 unspecified atom stereocenters. The van der Waals surface area contributed by atoms with Gasteiger partial charge in [0, 0.05) is 36.1 Å². The van der Waals surface area contributed by atoms with Crippen LogP contribution in [-0.4, -0.2) is 41.1 Å². The van der Waals surface area contributed by atoms with Gasteiger partial charge in [0.1, 0.15) is 0 Å². The van der Waals surface area contributed by atoms with E-state index in [2.05, 4.69) is 31.0 Å². The number of pyridine rings is 1.